The van der Waals surface area contributed by atoms with Crippen molar-refractivity contribution < 1.29 is 9.59 Å². The Kier molecular flexibility index (Phi) is 3.92. The maximum absolute atomic E-state index is 12.1. The summed E-state index contributed by atoms with van der Waals surface area (Å²) in [5.74, 6) is 0.790. The molecule has 1 aliphatic heterocycles. The maximum atomic E-state index is 12.1. The van der Waals surface area contributed by atoms with Gasteiger partial charge in [-0.2, -0.15) is 0 Å². The Labute approximate surface area is 124 Å². The molecule has 1 saturated carbocycles. The third-order valence-electron chi connectivity index (χ3n) is 4.30. The maximum Gasteiger partial charge on any atom is 0.227 e. The van der Waals surface area contributed by atoms with Gasteiger partial charge in [-0.3, -0.25) is 9.59 Å². The quantitative estimate of drug-likeness (QED) is 0.774. The lowest BCUT2D eigenvalue weighted by Crippen LogP contribution is -2.48. The van der Waals surface area contributed by atoms with Gasteiger partial charge in [0.2, 0.25) is 11.8 Å². The lowest BCUT2D eigenvalue weighted by Gasteiger charge is -2.31. The number of hydrogen-bond donors (Lipinski definition) is 3. The first-order chi connectivity index (χ1) is 10.1. The van der Waals surface area contributed by atoms with Gasteiger partial charge in [0.25, 0.3) is 0 Å². The van der Waals surface area contributed by atoms with Crippen molar-refractivity contribution in [2.45, 2.75) is 19.8 Å². The largest absolute Gasteiger partial charge is 0.326 e. The first kappa shape index (κ1) is 14.1. The second kappa shape index (κ2) is 5.85. The third kappa shape index (κ3) is 3.42. The van der Waals surface area contributed by atoms with Gasteiger partial charge in [0, 0.05) is 23.2 Å². The van der Waals surface area contributed by atoms with Crippen LogP contribution >= 0.6 is 0 Å². The van der Waals surface area contributed by atoms with E-state index >= 15 is 0 Å². The first-order valence-electron chi connectivity index (χ1n) is 7.56. The van der Waals surface area contributed by atoms with Crippen molar-refractivity contribution in [1.82, 2.24) is 5.32 Å². The molecule has 0 spiro atoms. The molecule has 3 N–H and O–H groups in total. The smallest absolute Gasteiger partial charge is 0.227 e. The number of rotatable bonds is 5. The predicted octanol–water partition coefficient (Wildman–Crippen LogP) is 1.83. The Balaban J connectivity index is 1.53. The molecule has 1 aliphatic carbocycles. The number of anilines is 2. The van der Waals surface area contributed by atoms with Gasteiger partial charge in [-0.1, -0.05) is 6.92 Å². The Morgan fingerprint density at radius 1 is 1.10 bits per heavy atom. The fourth-order valence-electron chi connectivity index (χ4n) is 2.36. The monoisotopic (exact) mass is 287 g/mol. The van der Waals surface area contributed by atoms with Gasteiger partial charge in [-0.15, -0.1) is 0 Å². The summed E-state index contributed by atoms with van der Waals surface area (Å²) in [7, 11) is 0. The summed E-state index contributed by atoms with van der Waals surface area (Å²) in [5.41, 5.74) is 1.55. The normalized spacial score (nSPS) is 19.5. The van der Waals surface area contributed by atoms with E-state index in [1.165, 1.54) is 0 Å². The summed E-state index contributed by atoms with van der Waals surface area (Å²) in [5, 5.41) is 8.99. The molecule has 5 nitrogen and oxygen atoms in total. The van der Waals surface area contributed by atoms with Crippen LogP contribution in [0.1, 0.15) is 19.8 Å². The molecule has 0 aromatic heterocycles. The Hall–Kier alpha value is -1.88. The summed E-state index contributed by atoms with van der Waals surface area (Å²) in [6, 6.07) is 7.30. The number of hydrogen-bond acceptors (Lipinski definition) is 3. The lowest BCUT2D eigenvalue weighted by molar-refractivity contribution is -0.121. The Bertz CT molecular complexity index is 533. The van der Waals surface area contributed by atoms with Crippen molar-refractivity contribution >= 4 is 23.2 Å². The van der Waals surface area contributed by atoms with Gasteiger partial charge in [0.15, 0.2) is 0 Å². The van der Waals surface area contributed by atoms with E-state index in [4.69, 9.17) is 0 Å². The zero-order valence-corrected chi connectivity index (χ0v) is 12.2. The van der Waals surface area contributed by atoms with Crippen molar-refractivity contribution in [2.75, 3.05) is 23.7 Å². The fourth-order valence-corrected chi connectivity index (χ4v) is 2.36. The van der Waals surface area contributed by atoms with Crippen LogP contribution in [0.25, 0.3) is 0 Å². The van der Waals surface area contributed by atoms with Gasteiger partial charge in [0.05, 0.1) is 0 Å². The van der Waals surface area contributed by atoms with E-state index in [0.29, 0.717) is 5.92 Å². The van der Waals surface area contributed by atoms with Crippen LogP contribution in [0.3, 0.4) is 0 Å². The van der Waals surface area contributed by atoms with Crippen molar-refractivity contribution in [3.05, 3.63) is 24.3 Å². The van der Waals surface area contributed by atoms with Crippen LogP contribution in [-0.4, -0.2) is 24.9 Å². The average Bonchev–Trinajstić information content (AvgIpc) is 3.23. The molecule has 1 saturated heterocycles. The van der Waals surface area contributed by atoms with E-state index in [9.17, 15) is 9.59 Å². The number of amides is 2. The molecule has 5 heteroatoms. The summed E-state index contributed by atoms with van der Waals surface area (Å²) in [4.78, 5) is 23.8. The van der Waals surface area contributed by atoms with E-state index in [-0.39, 0.29) is 23.7 Å². The van der Waals surface area contributed by atoms with Crippen LogP contribution in [0.4, 0.5) is 11.4 Å². The number of nitrogens with one attached hydrogen (secondary N) is 3. The van der Waals surface area contributed by atoms with E-state index < -0.39 is 0 Å². The third-order valence-corrected chi connectivity index (χ3v) is 4.30. The van der Waals surface area contributed by atoms with Crippen LogP contribution in [0.2, 0.25) is 0 Å². The van der Waals surface area contributed by atoms with Crippen molar-refractivity contribution in [1.29, 1.82) is 0 Å². The standard InChI is InChI=1S/C16H21N3O2/c1-10(12-8-17-9-12)15(20)18-13-4-6-14(7-5-13)19-16(21)11-2-3-11/h4-7,10-12,17H,2-3,8-9H2,1H3,(H,18,20)(H,19,21). The second-order valence-corrected chi connectivity index (χ2v) is 6.04. The van der Waals surface area contributed by atoms with Crippen LogP contribution < -0.4 is 16.0 Å². The molecule has 2 fully saturated rings. The van der Waals surface area contributed by atoms with Gasteiger partial charge >= 0.3 is 0 Å². The van der Waals surface area contributed by atoms with Crippen molar-refractivity contribution in [3.8, 4) is 0 Å². The van der Waals surface area contributed by atoms with E-state index in [0.717, 1.165) is 37.3 Å². The molecule has 0 bridgehead atoms. The number of carbonyl (C=O) groups is 2. The highest BCUT2D eigenvalue weighted by Crippen LogP contribution is 2.30. The molecule has 2 amide bonds. The summed E-state index contributed by atoms with van der Waals surface area (Å²) in [6.07, 6.45) is 1.99. The predicted molar refractivity (Wildman–Crippen MR) is 81.9 cm³/mol. The van der Waals surface area contributed by atoms with E-state index in [1.54, 1.807) is 0 Å². The molecule has 1 unspecified atom stereocenters. The highest BCUT2D eigenvalue weighted by molar-refractivity contribution is 5.95. The van der Waals surface area contributed by atoms with E-state index in [2.05, 4.69) is 16.0 Å². The SMILES string of the molecule is CC(C(=O)Nc1ccc(NC(=O)C2CC2)cc1)C1CNC1. The van der Waals surface area contributed by atoms with Crippen molar-refractivity contribution in [3.63, 3.8) is 0 Å². The zero-order valence-electron chi connectivity index (χ0n) is 12.2. The van der Waals surface area contributed by atoms with E-state index in [1.807, 2.05) is 31.2 Å². The Morgan fingerprint density at radius 2 is 1.67 bits per heavy atom. The molecule has 2 aliphatic rings. The van der Waals surface area contributed by atoms with Gasteiger partial charge < -0.3 is 16.0 Å². The molecule has 112 valence electrons. The Morgan fingerprint density at radius 3 is 2.14 bits per heavy atom. The topological polar surface area (TPSA) is 70.2 Å². The summed E-state index contributed by atoms with van der Waals surface area (Å²) >= 11 is 0. The minimum Gasteiger partial charge on any atom is -0.326 e. The second-order valence-electron chi connectivity index (χ2n) is 6.04. The van der Waals surface area contributed by atoms with Gasteiger partial charge in [0.1, 0.15) is 0 Å². The molecule has 1 aromatic rings. The van der Waals surface area contributed by atoms with Gasteiger partial charge in [-0.05, 0) is 56.1 Å². The average molecular weight is 287 g/mol. The summed E-state index contributed by atoms with van der Waals surface area (Å²) < 4.78 is 0. The molecule has 0 radical (unpaired) electrons. The summed E-state index contributed by atoms with van der Waals surface area (Å²) in [6.45, 7) is 3.80. The minimum atomic E-state index is 0.0143. The molecular formula is C16H21N3O2. The van der Waals surface area contributed by atoms with Crippen LogP contribution in [0.5, 0.6) is 0 Å². The van der Waals surface area contributed by atoms with Crippen LogP contribution in [-0.2, 0) is 9.59 Å². The van der Waals surface area contributed by atoms with Crippen molar-refractivity contribution in [2.24, 2.45) is 17.8 Å². The molecule has 1 atom stereocenters. The molecule has 3 rings (SSSR count). The van der Waals surface area contributed by atoms with Gasteiger partial charge in [-0.25, -0.2) is 0 Å². The molecule has 21 heavy (non-hydrogen) atoms. The molecule has 1 aromatic carbocycles. The van der Waals surface area contributed by atoms with Crippen LogP contribution in [0, 0.1) is 17.8 Å². The number of carbonyl (C=O) groups excluding carboxylic acids is 2. The number of benzene rings is 1. The fraction of sp³-hybridized carbons (Fsp3) is 0.500. The molecule has 1 heterocycles. The highest BCUT2D eigenvalue weighted by Gasteiger charge is 2.30. The lowest BCUT2D eigenvalue weighted by atomic mass is 9.88. The molecular weight excluding hydrogens is 266 g/mol. The highest BCUT2D eigenvalue weighted by atomic mass is 16.2. The minimum absolute atomic E-state index is 0.0143. The zero-order chi connectivity index (χ0) is 14.8. The van der Waals surface area contributed by atoms with Crippen LogP contribution in [0.15, 0.2) is 24.3 Å². The first-order valence-corrected chi connectivity index (χ1v) is 7.56.